The van der Waals surface area contributed by atoms with Gasteiger partial charge in [-0.1, -0.05) is 38.8 Å². The number of methoxy groups -OCH3 is 1. The summed E-state index contributed by atoms with van der Waals surface area (Å²) in [5.41, 5.74) is 7.40. The van der Waals surface area contributed by atoms with Crippen molar-refractivity contribution in [3.05, 3.63) is 64.9 Å². The van der Waals surface area contributed by atoms with Crippen LogP contribution in [0.25, 0.3) is 21.6 Å². The molecule has 308 valence electrons. The van der Waals surface area contributed by atoms with Crippen molar-refractivity contribution in [3.63, 3.8) is 0 Å². The van der Waals surface area contributed by atoms with E-state index in [0.29, 0.717) is 52.4 Å². The molecular weight excluding hydrogens is 771 g/mol. The lowest BCUT2D eigenvalue weighted by Gasteiger charge is -2.29. The summed E-state index contributed by atoms with van der Waals surface area (Å²) >= 11 is 1.47. The van der Waals surface area contributed by atoms with Crippen molar-refractivity contribution in [1.82, 2.24) is 35.3 Å². The average molecular weight is 819 g/mol. The molecule has 4 N–H and O–H groups in total. The summed E-state index contributed by atoms with van der Waals surface area (Å²) in [6, 6.07) is 4.58. The van der Waals surface area contributed by atoms with Crippen LogP contribution in [-0.2, 0) is 20.9 Å². The molecule has 1 aromatic carbocycles. The van der Waals surface area contributed by atoms with E-state index in [2.05, 4.69) is 29.6 Å². The zero-order chi connectivity index (χ0) is 41.3. The van der Waals surface area contributed by atoms with Crippen molar-refractivity contribution in [2.45, 2.75) is 108 Å². The number of allylic oxidation sites excluding steroid dienone is 1. The molecule has 58 heavy (non-hydrogen) atoms. The highest BCUT2D eigenvalue weighted by Gasteiger charge is 2.60. The number of carbonyl (C=O) groups excluding carboxylic acids is 4. The van der Waals surface area contributed by atoms with Gasteiger partial charge < -0.3 is 30.7 Å². The minimum atomic E-state index is -2.75. The molecule has 5 heterocycles. The normalized spacial score (nSPS) is 24.4. The SMILES string of the molecule is COc1ccc2c(O[C@@H]3C[C@H]4C(=O)N[C@]5(C(N)=O)C[C@H]5/C=C\CCCCC[C@H](NC(=O)c5ccnn5CC(F)F)C(=O)N4C3)cc(-c3nc(C(C)C)cs3)nc2c1C. The Bertz CT molecular complexity index is 2240. The van der Waals surface area contributed by atoms with E-state index >= 15 is 0 Å². The lowest BCUT2D eigenvalue weighted by Crippen LogP contribution is -2.57. The van der Waals surface area contributed by atoms with Gasteiger partial charge in [-0.3, -0.25) is 23.9 Å². The van der Waals surface area contributed by atoms with Crippen molar-refractivity contribution in [2.24, 2.45) is 11.7 Å². The number of primary amides is 1. The molecule has 2 aliphatic heterocycles. The summed E-state index contributed by atoms with van der Waals surface area (Å²) in [7, 11) is 1.59. The number of fused-ring (bicyclic) bond motifs is 3. The minimum absolute atomic E-state index is 0.0391. The van der Waals surface area contributed by atoms with E-state index in [4.69, 9.17) is 25.2 Å². The zero-order valence-electron chi connectivity index (χ0n) is 32.9. The largest absolute Gasteiger partial charge is 0.496 e. The van der Waals surface area contributed by atoms with Crippen LogP contribution < -0.4 is 25.8 Å². The molecule has 17 heteroatoms. The molecule has 0 bridgehead atoms. The first kappa shape index (κ1) is 40.7. The number of thiazole rings is 1. The Kier molecular flexibility index (Phi) is 11.8. The van der Waals surface area contributed by atoms with Crippen LogP contribution in [0.3, 0.4) is 0 Å². The number of pyridine rings is 1. The van der Waals surface area contributed by atoms with Crippen LogP contribution in [0, 0.1) is 12.8 Å². The molecule has 1 saturated carbocycles. The predicted molar refractivity (Wildman–Crippen MR) is 213 cm³/mol. The van der Waals surface area contributed by atoms with E-state index in [1.807, 2.05) is 42.7 Å². The van der Waals surface area contributed by atoms with Crippen molar-refractivity contribution >= 4 is 45.9 Å². The van der Waals surface area contributed by atoms with Crippen LogP contribution in [0.1, 0.15) is 86.5 Å². The van der Waals surface area contributed by atoms with Gasteiger partial charge in [-0.2, -0.15) is 5.10 Å². The predicted octanol–water partition coefficient (Wildman–Crippen LogP) is 5.29. The number of alkyl halides is 2. The fraction of sp³-hybridized carbons (Fsp3) is 0.488. The second kappa shape index (κ2) is 16.8. The molecule has 1 aliphatic carbocycles. The van der Waals surface area contributed by atoms with Crippen molar-refractivity contribution in [3.8, 4) is 22.2 Å². The number of aryl methyl sites for hydroxylation is 1. The first-order valence-electron chi connectivity index (χ1n) is 19.6. The van der Waals surface area contributed by atoms with Crippen LogP contribution in [0.5, 0.6) is 11.5 Å². The summed E-state index contributed by atoms with van der Waals surface area (Å²) in [6.45, 7) is 5.20. The van der Waals surface area contributed by atoms with Crippen LogP contribution in [-0.4, -0.2) is 92.1 Å². The van der Waals surface area contributed by atoms with Crippen LogP contribution in [0.15, 0.2) is 48.0 Å². The van der Waals surface area contributed by atoms with Gasteiger partial charge in [0.15, 0.2) is 0 Å². The van der Waals surface area contributed by atoms with Gasteiger partial charge in [0.2, 0.25) is 17.7 Å². The third kappa shape index (κ3) is 8.26. The maximum atomic E-state index is 14.7. The number of nitrogens with two attached hydrogens (primary N) is 1. The molecular formula is C41H48F2N8O6S. The number of rotatable bonds is 10. The first-order valence-corrected chi connectivity index (χ1v) is 20.5. The molecule has 1 saturated heterocycles. The standard InChI is InChI=1S/C41H48F2N8O6S/c1-22(2)29-21-58-38(48-29)28-17-33(26-12-13-32(56-4)23(3)35(26)46-28)57-25-16-31-37(53)49-41(40(44)55)18-24(41)10-8-6-5-7-9-11-27(39(54)50(31)19-25)47-36(52)30-14-15-45-51(30)20-34(42)43/h8,10,12-15,17,21-22,24-25,27,31,34H,5-7,9,11,16,18-20H2,1-4H3,(H2,44,55)(H,47,52)(H,49,53)/b10-8-/t24-,25-,27+,31+,41-/m1/s1. The minimum Gasteiger partial charge on any atom is -0.496 e. The number of carbonyl (C=O) groups is 4. The summed E-state index contributed by atoms with van der Waals surface area (Å²) in [5, 5.41) is 12.9. The highest BCUT2D eigenvalue weighted by Crippen LogP contribution is 2.45. The van der Waals surface area contributed by atoms with Gasteiger partial charge in [-0.05, 0) is 56.7 Å². The molecule has 4 aromatic rings. The first-order chi connectivity index (χ1) is 27.8. The maximum absolute atomic E-state index is 14.7. The number of hydrogen-bond donors (Lipinski definition) is 3. The number of amides is 4. The van der Waals surface area contributed by atoms with E-state index in [9.17, 15) is 28.0 Å². The monoisotopic (exact) mass is 818 g/mol. The fourth-order valence-electron chi connectivity index (χ4n) is 7.88. The van der Waals surface area contributed by atoms with Crippen LogP contribution >= 0.6 is 11.3 Å². The second-order valence-corrected chi connectivity index (χ2v) is 16.4. The number of aromatic nitrogens is 4. The van der Waals surface area contributed by atoms with Crippen LogP contribution in [0.4, 0.5) is 8.78 Å². The zero-order valence-corrected chi connectivity index (χ0v) is 33.7. The number of nitrogens with zero attached hydrogens (tertiary/aromatic N) is 5. The lowest BCUT2D eigenvalue weighted by molar-refractivity contribution is -0.141. The van der Waals surface area contributed by atoms with Gasteiger partial charge in [0.25, 0.3) is 12.3 Å². The van der Waals surface area contributed by atoms with Gasteiger partial charge in [-0.15, -0.1) is 11.3 Å². The molecule has 5 atom stereocenters. The van der Waals surface area contributed by atoms with E-state index in [-0.39, 0.29) is 36.9 Å². The highest BCUT2D eigenvalue weighted by molar-refractivity contribution is 7.13. The third-order valence-corrected chi connectivity index (χ3v) is 12.1. The summed E-state index contributed by atoms with van der Waals surface area (Å²) in [5.74, 6) is -1.51. The van der Waals surface area contributed by atoms with Crippen molar-refractivity contribution in [1.29, 1.82) is 0 Å². The fourth-order valence-corrected chi connectivity index (χ4v) is 8.82. The number of halogens is 2. The molecule has 7 rings (SSSR count). The number of hydrogen-bond acceptors (Lipinski definition) is 10. The summed E-state index contributed by atoms with van der Waals surface area (Å²) < 4.78 is 39.9. The molecule has 3 aromatic heterocycles. The van der Waals surface area contributed by atoms with E-state index in [1.54, 1.807) is 7.11 Å². The molecule has 3 aliphatic rings. The van der Waals surface area contributed by atoms with Gasteiger partial charge in [-0.25, -0.2) is 18.7 Å². The number of benzene rings is 1. The molecule has 0 radical (unpaired) electrons. The number of nitrogens with one attached hydrogen (secondary N) is 2. The Morgan fingerprint density at radius 2 is 1.95 bits per heavy atom. The van der Waals surface area contributed by atoms with E-state index in [1.165, 1.54) is 28.5 Å². The summed E-state index contributed by atoms with van der Waals surface area (Å²) in [6.07, 6.45) is 5.06. The molecule has 14 nitrogen and oxygen atoms in total. The quantitative estimate of drug-likeness (QED) is 0.179. The Hall–Kier alpha value is -5.45. The Morgan fingerprint density at radius 1 is 1.14 bits per heavy atom. The van der Waals surface area contributed by atoms with Crippen molar-refractivity contribution in [2.75, 3.05) is 13.7 Å². The second-order valence-electron chi connectivity index (χ2n) is 15.5. The van der Waals surface area contributed by atoms with Gasteiger partial charge >= 0.3 is 0 Å². The number of ether oxygens (including phenoxy) is 2. The molecule has 4 amide bonds. The van der Waals surface area contributed by atoms with Gasteiger partial charge in [0.1, 0.15) is 58.2 Å². The molecule has 0 unspecified atom stereocenters. The third-order valence-electron chi connectivity index (χ3n) is 11.2. The Labute approximate surface area is 338 Å². The molecule has 0 spiro atoms. The average Bonchev–Trinajstić information content (AvgIpc) is 3.60. The van der Waals surface area contributed by atoms with Gasteiger partial charge in [0, 0.05) is 40.9 Å². The van der Waals surface area contributed by atoms with E-state index < -0.39 is 60.3 Å². The summed E-state index contributed by atoms with van der Waals surface area (Å²) in [4.78, 5) is 66.6. The topological polar surface area (TPSA) is 184 Å². The maximum Gasteiger partial charge on any atom is 0.270 e. The highest BCUT2D eigenvalue weighted by atomic mass is 32.1. The Balaban J connectivity index is 1.24. The van der Waals surface area contributed by atoms with Gasteiger partial charge in [0.05, 0.1) is 24.9 Å². The van der Waals surface area contributed by atoms with Crippen LogP contribution in [0.2, 0.25) is 0 Å². The van der Waals surface area contributed by atoms with Crippen molar-refractivity contribution < 1.29 is 37.4 Å². The lowest BCUT2D eigenvalue weighted by atomic mass is 10.0. The Morgan fingerprint density at radius 3 is 2.67 bits per heavy atom. The molecule has 2 fully saturated rings. The smallest absolute Gasteiger partial charge is 0.270 e. The van der Waals surface area contributed by atoms with E-state index in [0.717, 1.165) is 28.8 Å².